The predicted octanol–water partition coefficient (Wildman–Crippen LogP) is 0.861. The summed E-state index contributed by atoms with van der Waals surface area (Å²) in [6, 6.07) is 7.20. The molecule has 1 atom stereocenters. The fourth-order valence-electron chi connectivity index (χ4n) is 2.14. The van der Waals surface area contributed by atoms with E-state index in [2.05, 4.69) is 25.5 Å². The molecule has 0 unspecified atom stereocenters. The second-order valence-corrected chi connectivity index (χ2v) is 4.63. The van der Waals surface area contributed by atoms with Gasteiger partial charge in [0.15, 0.2) is 0 Å². The van der Waals surface area contributed by atoms with Crippen LogP contribution in [-0.2, 0) is 11.2 Å². The third-order valence-corrected chi connectivity index (χ3v) is 3.17. The van der Waals surface area contributed by atoms with E-state index in [-0.39, 0.29) is 11.9 Å². The number of aromatic nitrogens is 4. The fraction of sp³-hybridized carbons (Fsp3) is 0.143. The monoisotopic (exact) mass is 282 g/mol. The highest BCUT2D eigenvalue weighted by Gasteiger charge is 2.17. The first-order chi connectivity index (χ1) is 10.2. The molecule has 0 saturated carbocycles. The van der Waals surface area contributed by atoms with Crippen LogP contribution in [0.4, 0.5) is 5.95 Å². The lowest BCUT2D eigenvalue weighted by atomic mass is 10.1. The summed E-state index contributed by atoms with van der Waals surface area (Å²) in [5.41, 5.74) is 7.97. The van der Waals surface area contributed by atoms with Crippen LogP contribution in [0.2, 0.25) is 0 Å². The number of carbonyl (C=O) groups is 1. The first-order valence-electron chi connectivity index (χ1n) is 6.49. The van der Waals surface area contributed by atoms with Crippen molar-refractivity contribution in [2.24, 2.45) is 5.73 Å². The number of rotatable bonds is 4. The van der Waals surface area contributed by atoms with E-state index in [4.69, 9.17) is 5.73 Å². The van der Waals surface area contributed by atoms with E-state index >= 15 is 0 Å². The van der Waals surface area contributed by atoms with Crippen LogP contribution >= 0.6 is 0 Å². The average Bonchev–Trinajstić information content (AvgIpc) is 2.91. The molecule has 106 valence electrons. The molecular weight excluding hydrogens is 268 g/mol. The van der Waals surface area contributed by atoms with Crippen LogP contribution in [0, 0.1) is 0 Å². The van der Waals surface area contributed by atoms with Gasteiger partial charge in [0.2, 0.25) is 11.9 Å². The van der Waals surface area contributed by atoms with E-state index in [0.717, 1.165) is 16.5 Å². The normalized spacial score (nSPS) is 12.2. The highest BCUT2D eigenvalue weighted by atomic mass is 16.2. The average molecular weight is 282 g/mol. The molecule has 21 heavy (non-hydrogen) atoms. The Morgan fingerprint density at radius 2 is 2.19 bits per heavy atom. The van der Waals surface area contributed by atoms with Crippen molar-refractivity contribution in [1.82, 2.24) is 20.2 Å². The largest absolute Gasteiger partial charge is 0.361 e. The minimum Gasteiger partial charge on any atom is -0.361 e. The summed E-state index contributed by atoms with van der Waals surface area (Å²) in [4.78, 5) is 19.1. The third kappa shape index (κ3) is 2.87. The van der Waals surface area contributed by atoms with Crippen LogP contribution in [0.15, 0.2) is 42.9 Å². The van der Waals surface area contributed by atoms with Crippen LogP contribution in [0.1, 0.15) is 5.56 Å². The lowest BCUT2D eigenvalue weighted by molar-refractivity contribution is -0.117. The van der Waals surface area contributed by atoms with Gasteiger partial charge >= 0.3 is 0 Å². The maximum atomic E-state index is 12.0. The summed E-state index contributed by atoms with van der Waals surface area (Å²) in [6.45, 7) is 0. The van der Waals surface area contributed by atoms with Gasteiger partial charge < -0.3 is 10.7 Å². The zero-order chi connectivity index (χ0) is 14.7. The number of aromatic amines is 1. The molecule has 7 heteroatoms. The van der Waals surface area contributed by atoms with Gasteiger partial charge in [0.25, 0.3) is 0 Å². The Labute approximate surface area is 120 Å². The Morgan fingerprint density at radius 3 is 3.00 bits per heavy atom. The summed E-state index contributed by atoms with van der Waals surface area (Å²) in [7, 11) is 0. The molecule has 3 aromatic rings. The number of nitrogens with one attached hydrogen (secondary N) is 2. The van der Waals surface area contributed by atoms with Gasteiger partial charge in [-0.05, 0) is 18.1 Å². The molecule has 0 aliphatic heterocycles. The summed E-state index contributed by atoms with van der Waals surface area (Å²) in [5.74, 6) is -0.190. The zero-order valence-corrected chi connectivity index (χ0v) is 11.2. The lowest BCUT2D eigenvalue weighted by Gasteiger charge is -2.10. The number of fused-ring (bicyclic) bond motifs is 1. The lowest BCUT2D eigenvalue weighted by Crippen LogP contribution is -2.37. The van der Waals surface area contributed by atoms with Crippen LogP contribution in [0.5, 0.6) is 0 Å². The van der Waals surface area contributed by atoms with Gasteiger partial charge in [-0.1, -0.05) is 18.2 Å². The number of benzene rings is 1. The Bertz CT molecular complexity index is 754. The van der Waals surface area contributed by atoms with Crippen molar-refractivity contribution in [3.63, 3.8) is 0 Å². The van der Waals surface area contributed by atoms with Crippen LogP contribution in [0.3, 0.4) is 0 Å². The molecule has 4 N–H and O–H groups in total. The minimum absolute atomic E-state index is 0.150. The highest BCUT2D eigenvalue weighted by Crippen LogP contribution is 2.18. The van der Waals surface area contributed by atoms with Crippen molar-refractivity contribution in [2.75, 3.05) is 5.32 Å². The highest BCUT2D eigenvalue weighted by molar-refractivity contribution is 5.94. The molecule has 0 radical (unpaired) electrons. The first kappa shape index (κ1) is 13.2. The number of anilines is 1. The number of nitrogens with two attached hydrogens (primary N) is 1. The maximum Gasteiger partial charge on any atom is 0.249 e. The van der Waals surface area contributed by atoms with Crippen LogP contribution in [0.25, 0.3) is 10.9 Å². The molecule has 0 aliphatic carbocycles. The van der Waals surface area contributed by atoms with E-state index < -0.39 is 6.04 Å². The topological polar surface area (TPSA) is 110 Å². The van der Waals surface area contributed by atoms with E-state index in [0.29, 0.717) is 6.42 Å². The van der Waals surface area contributed by atoms with Crippen molar-refractivity contribution >= 4 is 22.8 Å². The van der Waals surface area contributed by atoms with Gasteiger partial charge in [-0.2, -0.15) is 5.10 Å². The molecule has 3 rings (SSSR count). The third-order valence-electron chi connectivity index (χ3n) is 3.17. The quantitative estimate of drug-likeness (QED) is 0.657. The number of para-hydroxylation sites is 1. The SMILES string of the molecule is N[C@@H](Cc1c[nH]c2ccccc12)C(=O)Nc1nccnn1. The first-order valence-corrected chi connectivity index (χ1v) is 6.49. The molecule has 2 heterocycles. The number of hydrogen-bond acceptors (Lipinski definition) is 5. The van der Waals surface area contributed by atoms with E-state index in [9.17, 15) is 4.79 Å². The summed E-state index contributed by atoms with van der Waals surface area (Å²) in [6.07, 6.45) is 5.18. The second-order valence-electron chi connectivity index (χ2n) is 4.63. The molecule has 1 aromatic carbocycles. The number of H-pyrrole nitrogens is 1. The maximum absolute atomic E-state index is 12.0. The van der Waals surface area contributed by atoms with E-state index in [1.165, 1.54) is 12.4 Å². The van der Waals surface area contributed by atoms with Crippen molar-refractivity contribution < 1.29 is 4.79 Å². The zero-order valence-electron chi connectivity index (χ0n) is 11.2. The molecule has 0 bridgehead atoms. The van der Waals surface area contributed by atoms with Crippen LogP contribution < -0.4 is 11.1 Å². The standard InChI is InChI=1S/C14H14N6O/c15-11(13(21)19-14-16-5-6-18-20-14)7-9-8-17-12-4-2-1-3-10(9)12/h1-6,8,11,17H,7,15H2,(H,16,19,20,21)/t11-/m0/s1. The van der Waals surface area contributed by atoms with Gasteiger partial charge in [0.1, 0.15) is 0 Å². The smallest absolute Gasteiger partial charge is 0.249 e. The Hall–Kier alpha value is -2.80. The molecule has 7 nitrogen and oxygen atoms in total. The molecular formula is C14H14N6O. The van der Waals surface area contributed by atoms with Crippen molar-refractivity contribution in [3.05, 3.63) is 48.4 Å². The summed E-state index contributed by atoms with van der Waals surface area (Å²) < 4.78 is 0. The van der Waals surface area contributed by atoms with E-state index in [1.54, 1.807) is 0 Å². The minimum atomic E-state index is -0.687. The van der Waals surface area contributed by atoms with Gasteiger partial charge in [-0.15, -0.1) is 5.10 Å². The molecule has 0 aliphatic rings. The van der Waals surface area contributed by atoms with E-state index in [1.807, 2.05) is 30.5 Å². The second kappa shape index (κ2) is 5.68. The Kier molecular flexibility index (Phi) is 3.57. The van der Waals surface area contributed by atoms with Gasteiger partial charge in [-0.3, -0.25) is 10.1 Å². The summed E-state index contributed by atoms with van der Waals surface area (Å²) in [5, 5.41) is 10.9. The molecule has 0 spiro atoms. The van der Waals surface area contributed by atoms with Gasteiger partial charge in [-0.25, -0.2) is 4.98 Å². The van der Waals surface area contributed by atoms with Crippen molar-refractivity contribution in [1.29, 1.82) is 0 Å². The number of carbonyl (C=O) groups excluding carboxylic acids is 1. The Morgan fingerprint density at radius 1 is 1.33 bits per heavy atom. The van der Waals surface area contributed by atoms with Gasteiger partial charge in [0.05, 0.1) is 18.4 Å². The fourth-order valence-corrected chi connectivity index (χ4v) is 2.14. The van der Waals surface area contributed by atoms with Crippen molar-refractivity contribution in [3.8, 4) is 0 Å². The molecule has 1 amide bonds. The summed E-state index contributed by atoms with van der Waals surface area (Å²) >= 11 is 0. The number of nitrogens with zero attached hydrogens (tertiary/aromatic N) is 3. The van der Waals surface area contributed by atoms with Gasteiger partial charge in [0, 0.05) is 17.1 Å². The number of hydrogen-bond donors (Lipinski definition) is 3. The van der Waals surface area contributed by atoms with Crippen molar-refractivity contribution in [2.45, 2.75) is 12.5 Å². The molecule has 0 fully saturated rings. The van der Waals surface area contributed by atoms with Crippen LogP contribution in [-0.4, -0.2) is 32.1 Å². The predicted molar refractivity (Wildman–Crippen MR) is 78.4 cm³/mol. The Balaban J connectivity index is 1.71. The number of amides is 1. The molecule has 2 aromatic heterocycles. The molecule has 0 saturated heterocycles.